The van der Waals surface area contributed by atoms with E-state index in [1.807, 2.05) is 0 Å². The Hall–Kier alpha value is 0.270. The maximum absolute atomic E-state index is 5.87. The molecule has 2 aliphatic heterocycles. The van der Waals surface area contributed by atoms with E-state index < -0.39 is 0 Å². The Labute approximate surface area is 72.3 Å². The first kappa shape index (κ1) is 7.90. The standard InChI is InChI=1S/C8H16N2S/c9-7-5-8(10-6-7)1-3-11-4-2-8/h7,10H,1-6,9H2. The molecule has 0 bridgehead atoms. The Balaban J connectivity index is 1.98. The van der Waals surface area contributed by atoms with Crippen molar-refractivity contribution in [3.8, 4) is 0 Å². The summed E-state index contributed by atoms with van der Waals surface area (Å²) in [5.41, 5.74) is 6.32. The van der Waals surface area contributed by atoms with Crippen LogP contribution in [0.4, 0.5) is 0 Å². The summed E-state index contributed by atoms with van der Waals surface area (Å²) >= 11 is 2.08. The minimum atomic E-state index is 0.415. The van der Waals surface area contributed by atoms with Gasteiger partial charge in [-0.1, -0.05) is 0 Å². The molecule has 0 radical (unpaired) electrons. The molecular formula is C8H16N2S. The van der Waals surface area contributed by atoms with Crippen LogP contribution in [0.15, 0.2) is 0 Å². The number of thioether (sulfide) groups is 1. The third-order valence-electron chi connectivity index (χ3n) is 2.84. The number of nitrogens with two attached hydrogens (primary N) is 1. The van der Waals surface area contributed by atoms with Crippen LogP contribution in [0.5, 0.6) is 0 Å². The van der Waals surface area contributed by atoms with E-state index in [4.69, 9.17) is 5.73 Å². The van der Waals surface area contributed by atoms with E-state index in [0.29, 0.717) is 11.6 Å². The quantitative estimate of drug-likeness (QED) is 0.561. The highest BCUT2D eigenvalue weighted by Crippen LogP contribution is 2.33. The van der Waals surface area contributed by atoms with Crippen LogP contribution in [-0.4, -0.2) is 29.6 Å². The van der Waals surface area contributed by atoms with E-state index >= 15 is 0 Å². The second-order valence-corrected chi connectivity index (χ2v) is 4.96. The molecule has 2 fully saturated rings. The first-order chi connectivity index (χ1) is 5.31. The Morgan fingerprint density at radius 2 is 2.09 bits per heavy atom. The second kappa shape index (κ2) is 2.96. The maximum atomic E-state index is 5.87. The summed E-state index contributed by atoms with van der Waals surface area (Å²) in [5, 5.41) is 3.58. The zero-order chi connectivity index (χ0) is 7.73. The first-order valence-electron chi connectivity index (χ1n) is 4.39. The smallest absolute Gasteiger partial charge is 0.0213 e. The molecule has 1 spiro atoms. The van der Waals surface area contributed by atoms with Gasteiger partial charge in [-0.3, -0.25) is 0 Å². The van der Waals surface area contributed by atoms with Gasteiger partial charge >= 0.3 is 0 Å². The number of hydrogen-bond acceptors (Lipinski definition) is 3. The molecule has 2 aliphatic rings. The van der Waals surface area contributed by atoms with Crippen molar-refractivity contribution in [2.75, 3.05) is 18.1 Å². The molecule has 3 heteroatoms. The van der Waals surface area contributed by atoms with Gasteiger partial charge in [0.2, 0.25) is 0 Å². The van der Waals surface area contributed by atoms with Crippen molar-refractivity contribution < 1.29 is 0 Å². The van der Waals surface area contributed by atoms with Crippen LogP contribution < -0.4 is 11.1 Å². The Morgan fingerprint density at radius 3 is 2.64 bits per heavy atom. The molecule has 11 heavy (non-hydrogen) atoms. The predicted octanol–water partition coefficient (Wildman–Crippen LogP) is 0.573. The van der Waals surface area contributed by atoms with Crippen molar-refractivity contribution in [3.05, 3.63) is 0 Å². The lowest BCUT2D eigenvalue weighted by Gasteiger charge is -2.33. The van der Waals surface area contributed by atoms with E-state index in [2.05, 4.69) is 17.1 Å². The van der Waals surface area contributed by atoms with Gasteiger partial charge in [0, 0.05) is 18.1 Å². The highest BCUT2D eigenvalue weighted by molar-refractivity contribution is 7.99. The van der Waals surface area contributed by atoms with Crippen molar-refractivity contribution in [1.82, 2.24) is 5.32 Å². The van der Waals surface area contributed by atoms with Gasteiger partial charge in [0.25, 0.3) is 0 Å². The second-order valence-electron chi connectivity index (χ2n) is 3.74. The van der Waals surface area contributed by atoms with Gasteiger partial charge in [0.05, 0.1) is 0 Å². The number of nitrogens with one attached hydrogen (secondary N) is 1. The molecule has 1 unspecified atom stereocenters. The Bertz CT molecular complexity index is 138. The van der Waals surface area contributed by atoms with Crippen molar-refractivity contribution in [2.24, 2.45) is 5.73 Å². The molecule has 0 aliphatic carbocycles. The summed E-state index contributed by atoms with van der Waals surface area (Å²) in [6.07, 6.45) is 3.85. The molecule has 3 N–H and O–H groups in total. The molecule has 2 rings (SSSR count). The maximum Gasteiger partial charge on any atom is 0.0213 e. The molecular weight excluding hydrogens is 156 g/mol. The van der Waals surface area contributed by atoms with Crippen molar-refractivity contribution in [1.29, 1.82) is 0 Å². The SMILES string of the molecule is NC1CNC2(CCSCC2)C1. The summed E-state index contributed by atoms with van der Waals surface area (Å²) in [4.78, 5) is 0. The Kier molecular flexibility index (Phi) is 2.12. The molecule has 0 saturated carbocycles. The third kappa shape index (κ3) is 1.55. The van der Waals surface area contributed by atoms with E-state index in [1.165, 1.54) is 30.8 Å². The molecule has 2 nitrogen and oxygen atoms in total. The lowest BCUT2D eigenvalue weighted by molar-refractivity contribution is 0.345. The lowest BCUT2D eigenvalue weighted by atomic mass is 9.90. The predicted molar refractivity (Wildman–Crippen MR) is 49.9 cm³/mol. The number of hydrogen-bond donors (Lipinski definition) is 2. The molecule has 0 aromatic rings. The first-order valence-corrected chi connectivity index (χ1v) is 5.55. The van der Waals surface area contributed by atoms with Crippen LogP contribution in [0.3, 0.4) is 0 Å². The summed E-state index contributed by atoms with van der Waals surface area (Å²) in [6.45, 7) is 1.03. The van der Waals surface area contributed by atoms with Gasteiger partial charge in [-0.15, -0.1) is 0 Å². The fraction of sp³-hybridized carbons (Fsp3) is 1.00. The van der Waals surface area contributed by atoms with Crippen LogP contribution in [0, 0.1) is 0 Å². The van der Waals surface area contributed by atoms with Gasteiger partial charge in [0.15, 0.2) is 0 Å². The molecule has 0 aromatic carbocycles. The average Bonchev–Trinajstić information content (AvgIpc) is 2.34. The van der Waals surface area contributed by atoms with Crippen LogP contribution in [-0.2, 0) is 0 Å². The van der Waals surface area contributed by atoms with Crippen molar-refractivity contribution in [2.45, 2.75) is 30.8 Å². The number of rotatable bonds is 0. The van der Waals surface area contributed by atoms with Gasteiger partial charge in [-0.25, -0.2) is 0 Å². The topological polar surface area (TPSA) is 38.0 Å². The van der Waals surface area contributed by atoms with Crippen LogP contribution in [0.1, 0.15) is 19.3 Å². The molecule has 0 amide bonds. The fourth-order valence-electron chi connectivity index (χ4n) is 2.14. The third-order valence-corrected chi connectivity index (χ3v) is 3.83. The summed E-state index contributed by atoms with van der Waals surface area (Å²) < 4.78 is 0. The van der Waals surface area contributed by atoms with E-state index in [1.54, 1.807) is 0 Å². The van der Waals surface area contributed by atoms with E-state index in [9.17, 15) is 0 Å². The zero-order valence-corrected chi connectivity index (χ0v) is 7.62. The molecule has 2 saturated heterocycles. The van der Waals surface area contributed by atoms with E-state index in [0.717, 1.165) is 6.54 Å². The normalized spacial score (nSPS) is 36.3. The summed E-state index contributed by atoms with van der Waals surface area (Å²) in [7, 11) is 0. The highest BCUT2D eigenvalue weighted by Gasteiger charge is 2.37. The van der Waals surface area contributed by atoms with Gasteiger partial charge in [-0.05, 0) is 30.8 Å². The molecule has 1 atom stereocenters. The van der Waals surface area contributed by atoms with Crippen molar-refractivity contribution in [3.63, 3.8) is 0 Å². The highest BCUT2D eigenvalue weighted by atomic mass is 32.2. The molecule has 64 valence electrons. The largest absolute Gasteiger partial charge is 0.326 e. The van der Waals surface area contributed by atoms with Crippen LogP contribution in [0.25, 0.3) is 0 Å². The summed E-state index contributed by atoms with van der Waals surface area (Å²) in [5.74, 6) is 2.64. The fourth-order valence-corrected chi connectivity index (χ4v) is 3.41. The van der Waals surface area contributed by atoms with Gasteiger partial charge in [-0.2, -0.15) is 11.8 Å². The minimum Gasteiger partial charge on any atom is -0.326 e. The summed E-state index contributed by atoms with van der Waals surface area (Å²) in [6, 6.07) is 0.415. The van der Waals surface area contributed by atoms with Gasteiger partial charge in [0.1, 0.15) is 0 Å². The van der Waals surface area contributed by atoms with E-state index in [-0.39, 0.29) is 0 Å². The monoisotopic (exact) mass is 172 g/mol. The zero-order valence-electron chi connectivity index (χ0n) is 6.81. The Morgan fingerprint density at radius 1 is 1.36 bits per heavy atom. The van der Waals surface area contributed by atoms with Gasteiger partial charge < -0.3 is 11.1 Å². The van der Waals surface area contributed by atoms with Crippen molar-refractivity contribution >= 4 is 11.8 Å². The van der Waals surface area contributed by atoms with Crippen LogP contribution in [0.2, 0.25) is 0 Å². The molecule has 0 aromatic heterocycles. The molecule has 2 heterocycles. The van der Waals surface area contributed by atoms with Crippen LogP contribution >= 0.6 is 11.8 Å². The lowest BCUT2D eigenvalue weighted by Crippen LogP contribution is -2.42. The minimum absolute atomic E-state index is 0.415. The average molecular weight is 172 g/mol.